The van der Waals surface area contributed by atoms with E-state index in [0.717, 1.165) is 4.21 Å². The molecule has 0 radical (unpaired) electrons. The Hall–Kier alpha value is -1.83. The fourth-order valence-corrected chi connectivity index (χ4v) is 3.52. The lowest BCUT2D eigenvalue weighted by molar-refractivity contribution is -0.113. The minimum absolute atomic E-state index is 0.0221. The number of hydrogen-bond donors (Lipinski definition) is 2. The number of carbonyl (C=O) groups is 2. The number of amides is 2. The maximum absolute atomic E-state index is 12.3. The van der Waals surface area contributed by atoms with Gasteiger partial charge in [0, 0.05) is 30.9 Å². The van der Waals surface area contributed by atoms with E-state index >= 15 is 0 Å². The Morgan fingerprint density at radius 2 is 2.00 bits per heavy atom. The molecule has 1 aromatic heterocycles. The standard InChI is InChI=1S/C17H21N3O2S2/c1-12(10-18)20(2)17(22)13-5-7-14(8-6-13)19-15(21)11-24-16-4-3-9-23-16/h3-9,12H,10-11,18H2,1-2H3,(H,19,21). The largest absolute Gasteiger partial charge is 0.338 e. The van der Waals surface area contributed by atoms with E-state index < -0.39 is 0 Å². The fraction of sp³-hybridized carbons (Fsp3) is 0.294. The molecule has 1 unspecified atom stereocenters. The molecule has 24 heavy (non-hydrogen) atoms. The van der Waals surface area contributed by atoms with Gasteiger partial charge in [-0.25, -0.2) is 0 Å². The SMILES string of the molecule is CC(CN)N(C)C(=O)c1ccc(NC(=O)CSc2cccs2)cc1. The molecule has 2 amide bonds. The second-order valence-electron chi connectivity index (χ2n) is 5.35. The maximum atomic E-state index is 12.3. The zero-order valence-electron chi connectivity index (χ0n) is 13.7. The van der Waals surface area contributed by atoms with Crippen LogP contribution in [0.1, 0.15) is 17.3 Å². The summed E-state index contributed by atoms with van der Waals surface area (Å²) in [5.74, 6) is 0.207. The van der Waals surface area contributed by atoms with Crippen LogP contribution in [0.4, 0.5) is 5.69 Å². The van der Waals surface area contributed by atoms with Gasteiger partial charge >= 0.3 is 0 Å². The van der Waals surface area contributed by atoms with Crippen LogP contribution in [-0.2, 0) is 4.79 Å². The van der Waals surface area contributed by atoms with Crippen LogP contribution in [0.15, 0.2) is 46.0 Å². The number of thioether (sulfide) groups is 1. The van der Waals surface area contributed by atoms with Crippen molar-refractivity contribution in [3.8, 4) is 0 Å². The lowest BCUT2D eigenvalue weighted by Crippen LogP contribution is -2.39. The van der Waals surface area contributed by atoms with Gasteiger partial charge in [0.1, 0.15) is 0 Å². The average molecular weight is 364 g/mol. The average Bonchev–Trinajstić information content (AvgIpc) is 3.12. The van der Waals surface area contributed by atoms with Gasteiger partial charge in [-0.1, -0.05) is 6.07 Å². The Labute approximate surface area is 150 Å². The van der Waals surface area contributed by atoms with Crippen molar-refractivity contribution in [3.05, 3.63) is 47.3 Å². The lowest BCUT2D eigenvalue weighted by atomic mass is 10.1. The Balaban J connectivity index is 1.89. The highest BCUT2D eigenvalue weighted by atomic mass is 32.2. The van der Waals surface area contributed by atoms with Crippen LogP contribution in [0, 0.1) is 0 Å². The zero-order valence-corrected chi connectivity index (χ0v) is 15.3. The predicted molar refractivity (Wildman–Crippen MR) is 101 cm³/mol. The number of carbonyl (C=O) groups excluding carboxylic acids is 2. The first kappa shape index (κ1) is 18.5. The maximum Gasteiger partial charge on any atom is 0.253 e. The normalized spacial score (nSPS) is 11.8. The Morgan fingerprint density at radius 3 is 2.58 bits per heavy atom. The van der Waals surface area contributed by atoms with Crippen molar-refractivity contribution in [3.63, 3.8) is 0 Å². The van der Waals surface area contributed by atoms with E-state index in [-0.39, 0.29) is 17.9 Å². The number of thiophene rings is 1. The summed E-state index contributed by atoms with van der Waals surface area (Å²) in [6.45, 7) is 2.32. The molecule has 128 valence electrons. The van der Waals surface area contributed by atoms with Crippen molar-refractivity contribution < 1.29 is 9.59 Å². The first-order chi connectivity index (χ1) is 11.5. The van der Waals surface area contributed by atoms with E-state index in [4.69, 9.17) is 5.73 Å². The number of nitrogens with one attached hydrogen (secondary N) is 1. The van der Waals surface area contributed by atoms with Crippen molar-refractivity contribution in [1.29, 1.82) is 0 Å². The summed E-state index contributed by atoms with van der Waals surface area (Å²) in [7, 11) is 1.73. The van der Waals surface area contributed by atoms with Crippen molar-refractivity contribution in [2.24, 2.45) is 5.73 Å². The van der Waals surface area contributed by atoms with E-state index in [1.807, 2.05) is 24.4 Å². The van der Waals surface area contributed by atoms with Crippen molar-refractivity contribution in [1.82, 2.24) is 4.90 Å². The molecule has 0 aliphatic heterocycles. The summed E-state index contributed by atoms with van der Waals surface area (Å²) < 4.78 is 1.11. The van der Waals surface area contributed by atoms with Gasteiger partial charge in [0.2, 0.25) is 5.91 Å². The molecule has 0 saturated heterocycles. The summed E-state index contributed by atoms with van der Waals surface area (Å²) in [6.07, 6.45) is 0. The molecule has 1 heterocycles. The Kier molecular flexibility index (Phi) is 6.84. The van der Waals surface area contributed by atoms with E-state index in [1.54, 1.807) is 47.5 Å². The van der Waals surface area contributed by atoms with Crippen LogP contribution in [0.2, 0.25) is 0 Å². The third kappa shape index (κ3) is 5.09. The predicted octanol–water partition coefficient (Wildman–Crippen LogP) is 2.90. The number of anilines is 1. The molecule has 3 N–H and O–H groups in total. The molecule has 0 spiro atoms. The zero-order chi connectivity index (χ0) is 17.5. The van der Waals surface area contributed by atoms with Gasteiger partial charge in [0.15, 0.2) is 0 Å². The second-order valence-corrected chi connectivity index (χ2v) is 7.57. The van der Waals surface area contributed by atoms with Gasteiger partial charge in [-0.15, -0.1) is 23.1 Å². The van der Waals surface area contributed by atoms with E-state index in [1.165, 1.54) is 11.8 Å². The van der Waals surface area contributed by atoms with Crippen LogP contribution in [0.25, 0.3) is 0 Å². The molecule has 2 rings (SSSR count). The molecule has 0 aliphatic carbocycles. The van der Waals surface area contributed by atoms with E-state index in [0.29, 0.717) is 23.5 Å². The molecule has 2 aromatic rings. The Bertz CT molecular complexity index is 672. The first-order valence-electron chi connectivity index (χ1n) is 7.54. The van der Waals surface area contributed by atoms with Crippen molar-refractivity contribution in [2.75, 3.05) is 24.7 Å². The van der Waals surface area contributed by atoms with Crippen LogP contribution in [-0.4, -0.2) is 42.1 Å². The van der Waals surface area contributed by atoms with Crippen molar-refractivity contribution >= 4 is 40.6 Å². The highest BCUT2D eigenvalue weighted by Gasteiger charge is 2.16. The third-order valence-electron chi connectivity index (χ3n) is 3.58. The smallest absolute Gasteiger partial charge is 0.253 e. The first-order valence-corrected chi connectivity index (χ1v) is 9.41. The lowest BCUT2D eigenvalue weighted by Gasteiger charge is -2.23. The fourth-order valence-electron chi connectivity index (χ4n) is 1.94. The Morgan fingerprint density at radius 1 is 1.29 bits per heavy atom. The highest BCUT2D eigenvalue weighted by Crippen LogP contribution is 2.23. The number of nitrogens with two attached hydrogens (primary N) is 1. The highest BCUT2D eigenvalue weighted by molar-refractivity contribution is 8.01. The van der Waals surface area contributed by atoms with E-state index in [2.05, 4.69) is 5.32 Å². The molecule has 7 heteroatoms. The third-order valence-corrected chi connectivity index (χ3v) is 5.71. The van der Waals surface area contributed by atoms with Gasteiger partial charge in [0.25, 0.3) is 5.91 Å². The van der Waals surface area contributed by atoms with Crippen LogP contribution < -0.4 is 11.1 Å². The van der Waals surface area contributed by atoms with Crippen molar-refractivity contribution in [2.45, 2.75) is 17.2 Å². The molecule has 0 aliphatic rings. The molecule has 5 nitrogen and oxygen atoms in total. The summed E-state index contributed by atoms with van der Waals surface area (Å²) in [5.41, 5.74) is 6.84. The topological polar surface area (TPSA) is 75.4 Å². The van der Waals surface area contributed by atoms with Gasteiger partial charge < -0.3 is 16.0 Å². The number of nitrogens with zero attached hydrogens (tertiary/aromatic N) is 1. The van der Waals surface area contributed by atoms with E-state index in [9.17, 15) is 9.59 Å². The van der Waals surface area contributed by atoms with Crippen LogP contribution >= 0.6 is 23.1 Å². The summed E-state index contributed by atoms with van der Waals surface area (Å²) >= 11 is 3.12. The van der Waals surface area contributed by atoms with Gasteiger partial charge in [-0.2, -0.15) is 0 Å². The van der Waals surface area contributed by atoms with Crippen LogP contribution in [0.3, 0.4) is 0 Å². The number of rotatable bonds is 7. The van der Waals surface area contributed by atoms with Crippen LogP contribution in [0.5, 0.6) is 0 Å². The number of hydrogen-bond acceptors (Lipinski definition) is 5. The second kappa shape index (κ2) is 8.86. The minimum Gasteiger partial charge on any atom is -0.338 e. The minimum atomic E-state index is -0.0842. The molecule has 1 aromatic carbocycles. The number of likely N-dealkylation sites (N-methyl/N-ethyl adjacent to an activating group) is 1. The van der Waals surface area contributed by atoms with Gasteiger partial charge in [0.05, 0.1) is 9.96 Å². The molecule has 1 atom stereocenters. The molecular formula is C17H21N3O2S2. The van der Waals surface area contributed by atoms with Gasteiger partial charge in [-0.05, 0) is 42.6 Å². The van der Waals surface area contributed by atoms with Gasteiger partial charge in [-0.3, -0.25) is 9.59 Å². The molecule has 0 saturated carbocycles. The molecule has 0 fully saturated rings. The molecule has 0 bridgehead atoms. The summed E-state index contributed by atoms with van der Waals surface area (Å²) in [5, 5.41) is 4.82. The quantitative estimate of drug-likeness (QED) is 0.742. The number of benzene rings is 1. The summed E-state index contributed by atoms with van der Waals surface area (Å²) in [4.78, 5) is 25.9. The monoisotopic (exact) mass is 363 g/mol. The summed E-state index contributed by atoms with van der Waals surface area (Å²) in [6, 6.07) is 10.8. The molecular weight excluding hydrogens is 342 g/mol.